The number of fused-ring (bicyclic) bond motifs is 1. The molecule has 0 spiro atoms. The average Bonchev–Trinajstić information content (AvgIpc) is 2.72. The molecule has 0 aliphatic carbocycles. The monoisotopic (exact) mass is 426 g/mol. The third-order valence-corrected chi connectivity index (χ3v) is 5.74. The van der Waals surface area contributed by atoms with Crippen LogP contribution in [0.4, 0.5) is 5.69 Å². The van der Waals surface area contributed by atoms with E-state index in [4.69, 9.17) is 23.2 Å². The Balaban J connectivity index is 1.41. The first-order chi connectivity index (χ1) is 14.0. The largest absolute Gasteiger partial charge is 0.339 e. The summed E-state index contributed by atoms with van der Waals surface area (Å²) < 4.78 is 0. The molecule has 1 aliphatic heterocycles. The van der Waals surface area contributed by atoms with Gasteiger partial charge in [0.05, 0.1) is 0 Å². The van der Waals surface area contributed by atoms with Crippen molar-refractivity contribution < 1.29 is 9.59 Å². The van der Waals surface area contributed by atoms with Crippen LogP contribution in [0.5, 0.6) is 0 Å². The molecule has 0 bridgehead atoms. The summed E-state index contributed by atoms with van der Waals surface area (Å²) in [6.45, 7) is 1.10. The van der Waals surface area contributed by atoms with Gasteiger partial charge in [0, 0.05) is 40.3 Å². The molecule has 3 aromatic carbocycles. The van der Waals surface area contributed by atoms with Gasteiger partial charge in [0.2, 0.25) is 5.91 Å². The highest BCUT2D eigenvalue weighted by molar-refractivity contribution is 6.35. The van der Waals surface area contributed by atoms with Crippen molar-refractivity contribution in [2.45, 2.75) is 12.8 Å². The highest BCUT2D eigenvalue weighted by Gasteiger charge is 2.28. The van der Waals surface area contributed by atoms with Gasteiger partial charge in [0.1, 0.15) is 0 Å². The highest BCUT2D eigenvalue weighted by atomic mass is 35.5. The van der Waals surface area contributed by atoms with E-state index >= 15 is 0 Å². The van der Waals surface area contributed by atoms with Gasteiger partial charge < -0.3 is 10.2 Å². The van der Waals surface area contributed by atoms with E-state index in [9.17, 15) is 9.59 Å². The summed E-state index contributed by atoms with van der Waals surface area (Å²) in [5.41, 5.74) is 1.29. The van der Waals surface area contributed by atoms with Gasteiger partial charge in [-0.15, -0.1) is 0 Å². The molecular weight excluding hydrogens is 407 g/mol. The molecule has 1 heterocycles. The van der Waals surface area contributed by atoms with Gasteiger partial charge in [-0.3, -0.25) is 9.59 Å². The lowest BCUT2D eigenvalue weighted by atomic mass is 9.94. The van der Waals surface area contributed by atoms with Crippen LogP contribution in [-0.2, 0) is 4.79 Å². The van der Waals surface area contributed by atoms with E-state index in [-0.39, 0.29) is 17.7 Å². The molecule has 2 amide bonds. The van der Waals surface area contributed by atoms with Crippen molar-refractivity contribution in [2.75, 3.05) is 18.4 Å². The van der Waals surface area contributed by atoms with E-state index in [0.717, 1.165) is 10.8 Å². The molecule has 29 heavy (non-hydrogen) atoms. The fourth-order valence-electron chi connectivity index (χ4n) is 3.80. The number of halogens is 2. The van der Waals surface area contributed by atoms with Crippen LogP contribution in [0.1, 0.15) is 23.2 Å². The maximum absolute atomic E-state index is 13.1. The summed E-state index contributed by atoms with van der Waals surface area (Å²) in [6.07, 6.45) is 1.24. The van der Waals surface area contributed by atoms with Crippen molar-refractivity contribution in [2.24, 2.45) is 5.92 Å². The standard InChI is InChI=1S/C23H20Cl2N2O2/c24-17-12-18(25)14-19(13-17)26-22(28)16-8-10-27(11-9-16)23(29)21-7-3-5-15-4-1-2-6-20(15)21/h1-7,12-14,16H,8-11H2,(H,26,28). The number of likely N-dealkylation sites (tertiary alicyclic amines) is 1. The van der Waals surface area contributed by atoms with Gasteiger partial charge >= 0.3 is 0 Å². The zero-order valence-electron chi connectivity index (χ0n) is 15.7. The van der Waals surface area contributed by atoms with Gasteiger partial charge in [-0.25, -0.2) is 0 Å². The van der Waals surface area contributed by atoms with Crippen LogP contribution < -0.4 is 5.32 Å². The van der Waals surface area contributed by atoms with Crippen molar-refractivity contribution in [1.82, 2.24) is 4.90 Å². The van der Waals surface area contributed by atoms with E-state index in [1.54, 1.807) is 18.2 Å². The second-order valence-electron chi connectivity index (χ2n) is 7.24. The Hall–Kier alpha value is -2.56. The van der Waals surface area contributed by atoms with Crippen molar-refractivity contribution in [1.29, 1.82) is 0 Å². The summed E-state index contributed by atoms with van der Waals surface area (Å²) in [7, 11) is 0. The number of carbonyl (C=O) groups is 2. The highest BCUT2D eigenvalue weighted by Crippen LogP contribution is 2.26. The summed E-state index contributed by atoms with van der Waals surface area (Å²) >= 11 is 12.0. The zero-order chi connectivity index (χ0) is 20.4. The number of amides is 2. The molecule has 0 radical (unpaired) electrons. The fourth-order valence-corrected chi connectivity index (χ4v) is 4.32. The third kappa shape index (κ3) is 4.39. The summed E-state index contributed by atoms with van der Waals surface area (Å²) in [6, 6.07) is 18.6. The Labute approximate surface area is 179 Å². The molecule has 4 rings (SSSR count). The number of nitrogens with one attached hydrogen (secondary N) is 1. The Morgan fingerprint density at radius 2 is 1.55 bits per heavy atom. The quantitative estimate of drug-likeness (QED) is 0.588. The van der Waals surface area contributed by atoms with Crippen molar-refractivity contribution in [3.8, 4) is 0 Å². The minimum atomic E-state index is -0.149. The number of piperidine rings is 1. The molecule has 1 aliphatic rings. The summed E-state index contributed by atoms with van der Waals surface area (Å²) in [5.74, 6) is -0.202. The lowest BCUT2D eigenvalue weighted by molar-refractivity contribution is -0.121. The second-order valence-corrected chi connectivity index (χ2v) is 8.11. The molecule has 1 fully saturated rings. The van der Waals surface area contributed by atoms with Crippen LogP contribution in [0.2, 0.25) is 10.0 Å². The Kier molecular flexibility index (Phi) is 5.74. The first-order valence-corrected chi connectivity index (χ1v) is 10.3. The molecule has 1 N–H and O–H groups in total. The van der Waals surface area contributed by atoms with Crippen molar-refractivity contribution in [3.05, 3.63) is 76.3 Å². The Morgan fingerprint density at radius 1 is 0.897 bits per heavy atom. The number of nitrogens with zero attached hydrogens (tertiary/aromatic N) is 1. The fraction of sp³-hybridized carbons (Fsp3) is 0.217. The molecule has 1 saturated heterocycles. The van der Waals surface area contributed by atoms with Gasteiger partial charge in [0.15, 0.2) is 0 Å². The molecule has 4 nitrogen and oxygen atoms in total. The average molecular weight is 427 g/mol. The van der Waals surface area contributed by atoms with Crippen LogP contribution in [0.25, 0.3) is 10.8 Å². The van der Waals surface area contributed by atoms with Gasteiger partial charge in [-0.05, 0) is 47.9 Å². The lowest BCUT2D eigenvalue weighted by Crippen LogP contribution is -2.41. The van der Waals surface area contributed by atoms with Crippen molar-refractivity contribution >= 4 is 51.5 Å². The van der Waals surface area contributed by atoms with E-state index in [1.165, 1.54) is 0 Å². The molecule has 148 valence electrons. The first kappa shape index (κ1) is 19.7. The molecule has 0 atom stereocenters. The van der Waals surface area contributed by atoms with Gasteiger partial charge in [-0.1, -0.05) is 59.6 Å². The molecule has 6 heteroatoms. The maximum atomic E-state index is 13.1. The number of carbonyl (C=O) groups excluding carboxylic acids is 2. The normalized spacial score (nSPS) is 14.8. The van der Waals surface area contributed by atoms with Crippen molar-refractivity contribution in [3.63, 3.8) is 0 Å². The molecule has 0 aromatic heterocycles. The first-order valence-electron chi connectivity index (χ1n) is 9.55. The van der Waals surface area contributed by atoms with Crippen LogP contribution >= 0.6 is 23.2 Å². The minimum Gasteiger partial charge on any atom is -0.339 e. The van der Waals surface area contributed by atoms with Crippen LogP contribution in [0, 0.1) is 5.92 Å². The van der Waals surface area contributed by atoms with E-state index < -0.39 is 0 Å². The molecular formula is C23H20Cl2N2O2. The van der Waals surface area contributed by atoms with Gasteiger partial charge in [-0.2, -0.15) is 0 Å². The van der Waals surface area contributed by atoms with E-state index in [0.29, 0.717) is 47.2 Å². The van der Waals surface area contributed by atoms with E-state index in [1.807, 2.05) is 47.4 Å². The van der Waals surface area contributed by atoms with Crippen LogP contribution in [0.15, 0.2) is 60.7 Å². The van der Waals surface area contributed by atoms with Crippen LogP contribution in [-0.4, -0.2) is 29.8 Å². The summed E-state index contributed by atoms with van der Waals surface area (Å²) in [4.78, 5) is 27.5. The smallest absolute Gasteiger partial charge is 0.254 e. The number of rotatable bonds is 3. The Morgan fingerprint density at radius 3 is 2.28 bits per heavy atom. The maximum Gasteiger partial charge on any atom is 0.254 e. The molecule has 3 aromatic rings. The van der Waals surface area contributed by atoms with Gasteiger partial charge in [0.25, 0.3) is 5.91 Å². The number of anilines is 1. The summed E-state index contributed by atoms with van der Waals surface area (Å²) in [5, 5.41) is 5.84. The molecule has 0 saturated carbocycles. The number of benzene rings is 3. The zero-order valence-corrected chi connectivity index (χ0v) is 17.2. The third-order valence-electron chi connectivity index (χ3n) is 5.30. The minimum absolute atomic E-state index is 0.0160. The lowest BCUT2D eigenvalue weighted by Gasteiger charge is -2.31. The number of hydrogen-bond donors (Lipinski definition) is 1. The van der Waals surface area contributed by atoms with E-state index in [2.05, 4.69) is 5.32 Å². The van der Waals surface area contributed by atoms with Crippen LogP contribution in [0.3, 0.4) is 0 Å². The predicted molar refractivity (Wildman–Crippen MR) is 118 cm³/mol. The topological polar surface area (TPSA) is 49.4 Å². The number of hydrogen-bond acceptors (Lipinski definition) is 2. The SMILES string of the molecule is O=C(Nc1cc(Cl)cc(Cl)c1)C1CCN(C(=O)c2cccc3ccccc23)CC1. The molecule has 0 unspecified atom stereocenters. The predicted octanol–water partition coefficient (Wildman–Crippen LogP) is 5.64. The Bertz CT molecular complexity index is 1050. The second kappa shape index (κ2) is 8.44.